The average Bonchev–Trinajstić information content (AvgIpc) is 2.69. The topological polar surface area (TPSA) is 12.0 Å². The van der Waals surface area contributed by atoms with Crippen molar-refractivity contribution in [1.29, 1.82) is 0 Å². The van der Waals surface area contributed by atoms with Gasteiger partial charge in [-0.15, -0.1) is 0 Å². The maximum Gasteiger partial charge on any atom is 0.407 e. The zero-order chi connectivity index (χ0) is 19.1. The van der Waals surface area contributed by atoms with Gasteiger partial charge in [-0.25, -0.2) is 0 Å². The minimum Gasteiger partial charge on any atom is -0.302 e. The lowest BCUT2D eigenvalue weighted by Crippen LogP contribution is -2.35. The van der Waals surface area contributed by atoms with Crippen molar-refractivity contribution in [3.8, 4) is 0 Å². The van der Waals surface area contributed by atoms with Crippen LogP contribution in [0.3, 0.4) is 0 Å². The lowest BCUT2D eigenvalue weighted by Gasteiger charge is -2.24. The largest absolute Gasteiger partial charge is 0.407 e. The molecule has 0 saturated carbocycles. The molecule has 1 nitrogen and oxygen atoms in total. The zero-order valence-electron chi connectivity index (χ0n) is 14.9. The molecule has 1 atom stereocenters. The van der Waals surface area contributed by atoms with Gasteiger partial charge in [0, 0.05) is 5.92 Å². The smallest absolute Gasteiger partial charge is 0.302 e. The molecule has 0 radical (unpaired) electrons. The van der Waals surface area contributed by atoms with Gasteiger partial charge in [-0.3, -0.25) is 0 Å². The molecule has 3 rings (SSSR count). The first-order valence-corrected chi connectivity index (χ1v) is 9.00. The van der Waals surface area contributed by atoms with Crippen LogP contribution in [-0.2, 0) is 0 Å². The van der Waals surface area contributed by atoms with E-state index in [2.05, 4.69) is 5.32 Å². The van der Waals surface area contributed by atoms with E-state index in [4.69, 9.17) is 0 Å². The van der Waals surface area contributed by atoms with E-state index in [0.29, 0.717) is 6.42 Å². The molecule has 0 aromatic heterocycles. The van der Waals surface area contributed by atoms with E-state index >= 15 is 0 Å². The van der Waals surface area contributed by atoms with Gasteiger partial charge in [-0.1, -0.05) is 91.0 Å². The Kier molecular flexibility index (Phi) is 6.30. The van der Waals surface area contributed by atoms with Gasteiger partial charge in [0.1, 0.15) is 6.04 Å². The second-order valence-corrected chi connectivity index (χ2v) is 6.50. The Morgan fingerprint density at radius 2 is 1.04 bits per heavy atom. The zero-order valence-corrected chi connectivity index (χ0v) is 14.9. The standard InChI is InChI=1S/C23H22F3N/c24-23(25,26)22(20-14-8-3-9-15-20)27-17-16-21(18-10-4-1-5-11-18)19-12-6-2-7-13-19/h1-15,21-22,27H,16-17H2. The molecule has 0 spiro atoms. The molecule has 0 amide bonds. The molecule has 0 saturated heterocycles. The van der Waals surface area contributed by atoms with E-state index in [0.717, 1.165) is 11.1 Å². The fourth-order valence-electron chi connectivity index (χ4n) is 3.34. The summed E-state index contributed by atoms with van der Waals surface area (Å²) in [6.07, 6.45) is -3.76. The van der Waals surface area contributed by atoms with Gasteiger partial charge in [0.15, 0.2) is 0 Å². The van der Waals surface area contributed by atoms with Gasteiger partial charge in [0.25, 0.3) is 0 Å². The number of hydrogen-bond acceptors (Lipinski definition) is 1. The average molecular weight is 369 g/mol. The summed E-state index contributed by atoms with van der Waals surface area (Å²) >= 11 is 0. The number of benzene rings is 3. The molecular formula is C23H22F3N. The van der Waals surface area contributed by atoms with E-state index in [1.165, 1.54) is 12.1 Å². The molecule has 0 aliphatic rings. The first-order chi connectivity index (χ1) is 13.1. The highest BCUT2D eigenvalue weighted by Crippen LogP contribution is 2.33. The summed E-state index contributed by atoms with van der Waals surface area (Å²) < 4.78 is 40.5. The Hall–Kier alpha value is -2.59. The molecule has 1 N–H and O–H groups in total. The minimum absolute atomic E-state index is 0.0459. The first kappa shape index (κ1) is 19.2. The number of nitrogens with one attached hydrogen (secondary N) is 1. The number of rotatable bonds is 7. The van der Waals surface area contributed by atoms with Crippen molar-refractivity contribution in [2.45, 2.75) is 24.6 Å². The number of halogens is 3. The SMILES string of the molecule is FC(F)(F)C(NCCC(c1ccccc1)c1ccccc1)c1ccccc1. The molecule has 3 aromatic rings. The lowest BCUT2D eigenvalue weighted by atomic mass is 9.88. The summed E-state index contributed by atoms with van der Waals surface area (Å²) in [5.74, 6) is 0.0459. The quantitative estimate of drug-likeness (QED) is 0.530. The Bertz CT molecular complexity index is 762. The third-order valence-electron chi connectivity index (χ3n) is 4.65. The molecule has 0 fully saturated rings. The van der Waals surface area contributed by atoms with Crippen LogP contribution in [0.5, 0.6) is 0 Å². The number of hydrogen-bond donors (Lipinski definition) is 1. The molecule has 0 aliphatic carbocycles. The summed E-state index contributed by atoms with van der Waals surface area (Å²) in [6, 6.07) is 26.2. The normalized spacial score (nSPS) is 12.9. The van der Waals surface area contributed by atoms with E-state index < -0.39 is 12.2 Å². The Morgan fingerprint density at radius 1 is 0.630 bits per heavy atom. The van der Waals surface area contributed by atoms with Crippen LogP contribution in [0.2, 0.25) is 0 Å². The molecular weight excluding hydrogens is 347 g/mol. The maximum absolute atomic E-state index is 13.5. The van der Waals surface area contributed by atoms with Crippen molar-refractivity contribution in [2.24, 2.45) is 0 Å². The van der Waals surface area contributed by atoms with Gasteiger partial charge in [-0.05, 0) is 29.7 Å². The van der Waals surface area contributed by atoms with Gasteiger partial charge in [0.05, 0.1) is 0 Å². The molecule has 4 heteroatoms. The second-order valence-electron chi connectivity index (χ2n) is 6.50. The summed E-state index contributed by atoms with van der Waals surface area (Å²) in [5, 5.41) is 2.72. The maximum atomic E-state index is 13.5. The highest BCUT2D eigenvalue weighted by Gasteiger charge is 2.40. The first-order valence-electron chi connectivity index (χ1n) is 9.00. The van der Waals surface area contributed by atoms with Crippen LogP contribution < -0.4 is 5.32 Å². The fraction of sp³-hybridized carbons (Fsp3) is 0.217. The van der Waals surface area contributed by atoms with E-state index in [9.17, 15) is 13.2 Å². The van der Waals surface area contributed by atoms with E-state index in [1.54, 1.807) is 18.2 Å². The van der Waals surface area contributed by atoms with Crippen LogP contribution in [0.25, 0.3) is 0 Å². The van der Waals surface area contributed by atoms with Crippen LogP contribution in [0.15, 0.2) is 91.0 Å². The minimum atomic E-state index is -4.34. The van der Waals surface area contributed by atoms with Crippen LogP contribution >= 0.6 is 0 Å². The van der Waals surface area contributed by atoms with Gasteiger partial charge in [0.2, 0.25) is 0 Å². The van der Waals surface area contributed by atoms with E-state index in [-0.39, 0.29) is 18.0 Å². The van der Waals surface area contributed by atoms with Crippen molar-refractivity contribution in [3.05, 3.63) is 108 Å². The van der Waals surface area contributed by atoms with Crippen LogP contribution in [0.1, 0.15) is 35.1 Å². The second kappa shape index (κ2) is 8.87. The van der Waals surface area contributed by atoms with Crippen LogP contribution in [0.4, 0.5) is 13.2 Å². The predicted octanol–water partition coefficient (Wildman–Crippen LogP) is 6.10. The van der Waals surface area contributed by atoms with Crippen molar-refractivity contribution in [2.75, 3.05) is 6.54 Å². The van der Waals surface area contributed by atoms with Gasteiger partial charge < -0.3 is 5.32 Å². The fourth-order valence-corrected chi connectivity index (χ4v) is 3.34. The molecule has 1 unspecified atom stereocenters. The Morgan fingerprint density at radius 3 is 1.44 bits per heavy atom. The van der Waals surface area contributed by atoms with E-state index in [1.807, 2.05) is 60.7 Å². The summed E-state index contributed by atoms with van der Waals surface area (Å²) in [4.78, 5) is 0. The van der Waals surface area contributed by atoms with Gasteiger partial charge >= 0.3 is 6.18 Å². The monoisotopic (exact) mass is 369 g/mol. The molecule has 0 bridgehead atoms. The molecule has 0 aliphatic heterocycles. The van der Waals surface area contributed by atoms with Crippen molar-refractivity contribution in [1.82, 2.24) is 5.32 Å². The van der Waals surface area contributed by atoms with Crippen molar-refractivity contribution < 1.29 is 13.2 Å². The summed E-state index contributed by atoms with van der Waals surface area (Å²) in [5.41, 5.74) is 2.45. The van der Waals surface area contributed by atoms with Crippen molar-refractivity contribution >= 4 is 0 Å². The molecule has 3 aromatic carbocycles. The Labute approximate surface area is 157 Å². The third kappa shape index (κ3) is 5.20. The highest BCUT2D eigenvalue weighted by atomic mass is 19.4. The third-order valence-corrected chi connectivity index (χ3v) is 4.65. The van der Waals surface area contributed by atoms with Crippen LogP contribution in [0, 0.1) is 0 Å². The van der Waals surface area contributed by atoms with Gasteiger partial charge in [-0.2, -0.15) is 13.2 Å². The summed E-state index contributed by atoms with van der Waals surface area (Å²) in [6.45, 7) is 0.257. The predicted molar refractivity (Wildman–Crippen MR) is 103 cm³/mol. The number of alkyl halides is 3. The molecule has 140 valence electrons. The Balaban J connectivity index is 1.75. The highest BCUT2D eigenvalue weighted by molar-refractivity contribution is 5.32. The molecule has 0 heterocycles. The van der Waals surface area contributed by atoms with Crippen LogP contribution in [-0.4, -0.2) is 12.7 Å². The lowest BCUT2D eigenvalue weighted by molar-refractivity contribution is -0.157. The summed E-state index contributed by atoms with van der Waals surface area (Å²) in [7, 11) is 0. The molecule has 27 heavy (non-hydrogen) atoms. The van der Waals surface area contributed by atoms with Crippen molar-refractivity contribution in [3.63, 3.8) is 0 Å².